The van der Waals surface area contributed by atoms with E-state index in [0.29, 0.717) is 30.5 Å². The number of fused-ring (bicyclic) bond motifs is 1. The van der Waals surface area contributed by atoms with Gasteiger partial charge in [-0.15, -0.1) is 11.6 Å². The number of rotatable bonds is 6. The minimum atomic E-state index is -0.463. The molecule has 0 fully saturated rings. The summed E-state index contributed by atoms with van der Waals surface area (Å²) >= 11 is 5.72. The molecule has 6 heteroatoms. The van der Waals surface area contributed by atoms with E-state index in [1.807, 2.05) is 0 Å². The van der Waals surface area contributed by atoms with Crippen molar-refractivity contribution in [2.45, 2.75) is 26.2 Å². The van der Waals surface area contributed by atoms with Crippen molar-refractivity contribution in [3.8, 4) is 0 Å². The fourth-order valence-electron chi connectivity index (χ4n) is 2.54. The van der Waals surface area contributed by atoms with Crippen LogP contribution in [0.1, 0.15) is 35.7 Å². The summed E-state index contributed by atoms with van der Waals surface area (Å²) in [5.41, 5.74) is 1.34. The van der Waals surface area contributed by atoms with Crippen LogP contribution < -0.4 is 0 Å². The summed E-state index contributed by atoms with van der Waals surface area (Å²) in [6.45, 7) is 3.48. The smallest absolute Gasteiger partial charge is 0.270 e. The average molecular weight is 311 g/mol. The highest BCUT2D eigenvalue weighted by molar-refractivity contribution is 6.17. The number of halogens is 1. The van der Waals surface area contributed by atoms with E-state index < -0.39 is 4.92 Å². The van der Waals surface area contributed by atoms with Gasteiger partial charge in [0.1, 0.15) is 0 Å². The molecule has 1 aromatic carbocycles. The zero-order valence-electron chi connectivity index (χ0n) is 12.0. The number of alkyl halides is 1. The fraction of sp³-hybridized carbons (Fsp3) is 0.533. The van der Waals surface area contributed by atoms with Gasteiger partial charge in [0.15, 0.2) is 0 Å². The molecule has 114 valence electrons. The molecule has 0 saturated carbocycles. The van der Waals surface area contributed by atoms with Crippen molar-refractivity contribution in [3.63, 3.8) is 0 Å². The summed E-state index contributed by atoms with van der Waals surface area (Å²) in [5.74, 6) is 1.00. The Bertz CT molecular complexity index is 548. The molecule has 5 nitrogen and oxygen atoms in total. The number of nitro groups is 1. The average Bonchev–Trinajstić information content (AvgIpc) is 2.46. The van der Waals surface area contributed by atoms with Gasteiger partial charge in [-0.1, -0.05) is 13.0 Å². The van der Waals surface area contributed by atoms with Gasteiger partial charge in [0.05, 0.1) is 4.92 Å². The van der Waals surface area contributed by atoms with Gasteiger partial charge in [-0.3, -0.25) is 14.9 Å². The van der Waals surface area contributed by atoms with E-state index in [4.69, 9.17) is 11.6 Å². The Morgan fingerprint density at radius 3 is 2.86 bits per heavy atom. The molecule has 1 aromatic rings. The van der Waals surface area contributed by atoms with Crippen LogP contribution in [0.3, 0.4) is 0 Å². The molecule has 1 atom stereocenters. The van der Waals surface area contributed by atoms with Crippen LogP contribution in [0.4, 0.5) is 5.69 Å². The maximum atomic E-state index is 12.4. The molecule has 0 aliphatic carbocycles. The second kappa shape index (κ2) is 6.89. The highest BCUT2D eigenvalue weighted by Crippen LogP contribution is 2.24. The summed E-state index contributed by atoms with van der Waals surface area (Å²) < 4.78 is 0. The van der Waals surface area contributed by atoms with Crippen molar-refractivity contribution >= 4 is 23.2 Å². The Morgan fingerprint density at radius 2 is 2.19 bits per heavy atom. The van der Waals surface area contributed by atoms with Gasteiger partial charge in [-0.05, 0) is 30.7 Å². The summed E-state index contributed by atoms with van der Waals surface area (Å²) in [4.78, 5) is 24.6. The lowest BCUT2D eigenvalue weighted by Crippen LogP contribution is -2.38. The minimum Gasteiger partial charge on any atom is -0.338 e. The molecule has 1 aliphatic heterocycles. The molecule has 0 radical (unpaired) electrons. The van der Waals surface area contributed by atoms with Gasteiger partial charge in [0, 0.05) is 36.7 Å². The number of hydrogen-bond donors (Lipinski definition) is 0. The molecule has 0 spiro atoms. The lowest BCUT2D eigenvalue weighted by atomic mass is 9.97. The third kappa shape index (κ3) is 3.73. The number of nitro benzene ring substituents is 1. The van der Waals surface area contributed by atoms with Gasteiger partial charge in [-0.2, -0.15) is 0 Å². The Hall–Kier alpha value is -1.62. The van der Waals surface area contributed by atoms with E-state index >= 15 is 0 Å². The largest absolute Gasteiger partial charge is 0.338 e. The third-order valence-corrected chi connectivity index (χ3v) is 4.18. The third-order valence-electron chi connectivity index (χ3n) is 3.97. The highest BCUT2D eigenvalue weighted by atomic mass is 35.5. The lowest BCUT2D eigenvalue weighted by molar-refractivity contribution is -0.384. The molecular formula is C15H19ClN2O3. The molecule has 0 aromatic heterocycles. The molecule has 1 amide bonds. The van der Waals surface area contributed by atoms with Crippen LogP contribution in [0, 0.1) is 16.0 Å². The van der Waals surface area contributed by atoms with Crippen molar-refractivity contribution in [1.82, 2.24) is 4.90 Å². The number of hydrogen-bond acceptors (Lipinski definition) is 3. The molecular weight excluding hydrogens is 292 g/mol. The predicted molar refractivity (Wildman–Crippen MR) is 81.8 cm³/mol. The monoisotopic (exact) mass is 310 g/mol. The first-order valence-electron chi connectivity index (χ1n) is 7.15. The van der Waals surface area contributed by atoms with Crippen LogP contribution in [-0.2, 0) is 6.42 Å². The minimum absolute atomic E-state index is 0.0283. The van der Waals surface area contributed by atoms with E-state index in [1.54, 1.807) is 11.0 Å². The summed E-state index contributed by atoms with van der Waals surface area (Å²) in [6.07, 6.45) is 2.59. The van der Waals surface area contributed by atoms with Gasteiger partial charge in [0.25, 0.3) is 11.6 Å². The first kappa shape index (κ1) is 15.8. The standard InChI is InChI=1S/C15H19ClN2O3/c1-11(4-7-16)5-8-17-9-6-12-2-3-13(18(20)21)10-14(12)15(17)19/h2-3,10-11H,4-9H2,1H3. The first-order chi connectivity index (χ1) is 10.0. The lowest BCUT2D eigenvalue weighted by Gasteiger charge is -2.29. The van der Waals surface area contributed by atoms with Crippen LogP contribution in [0.15, 0.2) is 18.2 Å². The summed E-state index contributed by atoms with van der Waals surface area (Å²) in [5, 5.41) is 10.8. The maximum Gasteiger partial charge on any atom is 0.270 e. The highest BCUT2D eigenvalue weighted by Gasteiger charge is 2.26. The van der Waals surface area contributed by atoms with Gasteiger partial charge < -0.3 is 4.90 Å². The second-order valence-electron chi connectivity index (χ2n) is 5.51. The van der Waals surface area contributed by atoms with Crippen LogP contribution in [-0.4, -0.2) is 34.7 Å². The zero-order valence-corrected chi connectivity index (χ0v) is 12.8. The van der Waals surface area contributed by atoms with Gasteiger partial charge in [-0.25, -0.2) is 0 Å². The summed E-state index contributed by atoms with van der Waals surface area (Å²) in [6, 6.07) is 4.55. The number of nitrogens with zero attached hydrogens (tertiary/aromatic N) is 2. The van der Waals surface area contributed by atoms with Crippen LogP contribution in [0.5, 0.6) is 0 Å². The normalized spacial score (nSPS) is 15.7. The van der Waals surface area contributed by atoms with E-state index in [-0.39, 0.29) is 11.6 Å². The SMILES string of the molecule is CC(CCCl)CCN1CCc2ccc([N+](=O)[O-])cc2C1=O. The molecule has 0 saturated heterocycles. The topological polar surface area (TPSA) is 63.4 Å². The van der Waals surface area contributed by atoms with E-state index in [0.717, 1.165) is 24.8 Å². The Kier molecular flexibility index (Phi) is 5.17. The van der Waals surface area contributed by atoms with E-state index in [9.17, 15) is 14.9 Å². The molecule has 0 N–H and O–H groups in total. The van der Waals surface area contributed by atoms with Crippen molar-refractivity contribution < 1.29 is 9.72 Å². The van der Waals surface area contributed by atoms with Crippen molar-refractivity contribution in [1.29, 1.82) is 0 Å². The van der Waals surface area contributed by atoms with E-state index in [1.165, 1.54) is 12.1 Å². The predicted octanol–water partition coefficient (Wildman–Crippen LogP) is 3.25. The van der Waals surface area contributed by atoms with Crippen LogP contribution in [0.2, 0.25) is 0 Å². The molecule has 2 rings (SSSR count). The van der Waals surface area contributed by atoms with Crippen molar-refractivity contribution in [2.24, 2.45) is 5.92 Å². The van der Waals surface area contributed by atoms with Crippen LogP contribution >= 0.6 is 11.6 Å². The Labute approximate surface area is 129 Å². The molecule has 1 unspecified atom stereocenters. The van der Waals surface area contributed by atoms with Crippen LogP contribution in [0.25, 0.3) is 0 Å². The number of carbonyl (C=O) groups is 1. The van der Waals surface area contributed by atoms with Gasteiger partial charge >= 0.3 is 0 Å². The second-order valence-corrected chi connectivity index (χ2v) is 5.89. The number of non-ortho nitro benzene ring substituents is 1. The zero-order chi connectivity index (χ0) is 15.4. The van der Waals surface area contributed by atoms with Gasteiger partial charge in [0.2, 0.25) is 0 Å². The molecule has 0 bridgehead atoms. The number of amides is 1. The Balaban J connectivity index is 2.08. The maximum absolute atomic E-state index is 12.4. The first-order valence-corrected chi connectivity index (χ1v) is 7.69. The van der Waals surface area contributed by atoms with Crippen molar-refractivity contribution in [2.75, 3.05) is 19.0 Å². The van der Waals surface area contributed by atoms with Crippen molar-refractivity contribution in [3.05, 3.63) is 39.4 Å². The molecule has 1 aliphatic rings. The molecule has 1 heterocycles. The Morgan fingerprint density at radius 1 is 1.43 bits per heavy atom. The fourth-order valence-corrected chi connectivity index (χ4v) is 2.92. The summed E-state index contributed by atoms with van der Waals surface area (Å²) in [7, 11) is 0. The number of carbonyl (C=O) groups excluding carboxylic acids is 1. The van der Waals surface area contributed by atoms with E-state index in [2.05, 4.69) is 6.92 Å². The number of benzene rings is 1. The molecule has 21 heavy (non-hydrogen) atoms. The quantitative estimate of drug-likeness (QED) is 0.460.